The van der Waals surface area contributed by atoms with E-state index in [1.807, 2.05) is 36.1 Å². The van der Waals surface area contributed by atoms with E-state index in [1.165, 1.54) is 0 Å². The molecule has 2 heterocycles. The summed E-state index contributed by atoms with van der Waals surface area (Å²) in [6, 6.07) is 7.61. The molecule has 0 unspecified atom stereocenters. The molecule has 1 aliphatic heterocycles. The smallest absolute Gasteiger partial charge is 0.223 e. The zero-order chi connectivity index (χ0) is 16.9. The molecule has 6 heteroatoms. The van der Waals surface area contributed by atoms with E-state index in [0.29, 0.717) is 26.1 Å². The first-order valence-corrected chi connectivity index (χ1v) is 8.57. The van der Waals surface area contributed by atoms with Crippen molar-refractivity contribution in [3.63, 3.8) is 0 Å². The second kappa shape index (κ2) is 7.47. The number of benzene rings is 1. The van der Waals surface area contributed by atoms with Crippen molar-refractivity contribution in [2.24, 2.45) is 5.92 Å². The Kier molecular flexibility index (Phi) is 5.13. The van der Waals surface area contributed by atoms with Crippen LogP contribution in [0.4, 0.5) is 0 Å². The minimum atomic E-state index is -0.0335. The Bertz CT molecular complexity index is 717. The highest BCUT2D eigenvalue weighted by Crippen LogP contribution is 2.20. The molecule has 128 valence electrons. The lowest BCUT2D eigenvalue weighted by molar-refractivity contribution is -0.135. The highest BCUT2D eigenvalue weighted by atomic mass is 16.5. The Morgan fingerprint density at radius 3 is 2.79 bits per heavy atom. The number of aromatic nitrogens is 1. The first-order chi connectivity index (χ1) is 11.7. The molecule has 0 spiro atoms. The first kappa shape index (κ1) is 16.5. The van der Waals surface area contributed by atoms with Crippen molar-refractivity contribution >= 4 is 22.8 Å². The van der Waals surface area contributed by atoms with Gasteiger partial charge >= 0.3 is 0 Å². The molecule has 0 aliphatic carbocycles. The maximum absolute atomic E-state index is 12.4. The van der Waals surface area contributed by atoms with Crippen molar-refractivity contribution in [3.05, 3.63) is 30.0 Å². The monoisotopic (exact) mass is 329 g/mol. The van der Waals surface area contributed by atoms with E-state index < -0.39 is 0 Å². The normalized spacial score (nSPS) is 15.6. The molecule has 0 saturated carbocycles. The molecule has 1 N–H and O–H groups in total. The average Bonchev–Trinajstić information content (AvgIpc) is 3.03. The van der Waals surface area contributed by atoms with Crippen LogP contribution in [-0.2, 0) is 16.1 Å². The largest absolute Gasteiger partial charge is 0.356 e. The second-order valence-corrected chi connectivity index (χ2v) is 6.25. The number of fused-ring (bicyclic) bond motifs is 1. The molecule has 0 radical (unpaired) electrons. The molecule has 0 atom stereocenters. The van der Waals surface area contributed by atoms with Crippen LogP contribution in [0.2, 0.25) is 0 Å². The standard InChI is InChI=1S/C18H23N3O3/c1-2-5-17(22)21-10-8-13(9-11-21)18(23)19-12-15-14-6-3-4-7-16(14)24-20-15/h3-4,6-7,13H,2,5,8-12H2,1H3,(H,19,23). The maximum atomic E-state index is 12.4. The van der Waals surface area contributed by atoms with E-state index >= 15 is 0 Å². The zero-order valence-electron chi connectivity index (χ0n) is 14.0. The molecule has 1 aliphatic rings. The van der Waals surface area contributed by atoms with Crippen LogP contribution in [-0.4, -0.2) is 35.0 Å². The summed E-state index contributed by atoms with van der Waals surface area (Å²) >= 11 is 0. The molecule has 24 heavy (non-hydrogen) atoms. The second-order valence-electron chi connectivity index (χ2n) is 6.25. The molecule has 1 aromatic heterocycles. The molecule has 6 nitrogen and oxygen atoms in total. The Hall–Kier alpha value is -2.37. The summed E-state index contributed by atoms with van der Waals surface area (Å²) in [6.07, 6.45) is 2.91. The van der Waals surface area contributed by atoms with Crippen LogP contribution in [0.5, 0.6) is 0 Å². The van der Waals surface area contributed by atoms with Gasteiger partial charge in [-0.05, 0) is 31.4 Å². The van der Waals surface area contributed by atoms with E-state index in [1.54, 1.807) is 0 Å². The van der Waals surface area contributed by atoms with Gasteiger partial charge in [-0.25, -0.2) is 0 Å². The van der Waals surface area contributed by atoms with Crippen LogP contribution in [0.15, 0.2) is 28.8 Å². The van der Waals surface area contributed by atoms with Crippen LogP contribution in [0.1, 0.15) is 38.3 Å². The molecule has 2 amide bonds. The molecule has 2 aromatic rings. The van der Waals surface area contributed by atoms with Crippen molar-refractivity contribution in [1.82, 2.24) is 15.4 Å². The summed E-state index contributed by atoms with van der Waals surface area (Å²) in [5, 5.41) is 7.91. The quantitative estimate of drug-likeness (QED) is 0.914. The fraction of sp³-hybridized carbons (Fsp3) is 0.500. The predicted molar refractivity (Wildman–Crippen MR) is 90.1 cm³/mol. The number of carbonyl (C=O) groups excluding carboxylic acids is 2. The molecular formula is C18H23N3O3. The Labute approximate surface area is 141 Å². The number of piperidine rings is 1. The van der Waals surface area contributed by atoms with Crippen LogP contribution >= 0.6 is 0 Å². The number of carbonyl (C=O) groups is 2. The van der Waals surface area contributed by atoms with Crippen LogP contribution in [0.3, 0.4) is 0 Å². The fourth-order valence-electron chi connectivity index (χ4n) is 3.14. The number of hydrogen-bond acceptors (Lipinski definition) is 4. The number of hydrogen-bond donors (Lipinski definition) is 1. The van der Waals surface area contributed by atoms with Gasteiger partial charge in [0.25, 0.3) is 0 Å². The average molecular weight is 329 g/mol. The predicted octanol–water partition coefficient (Wildman–Crippen LogP) is 2.48. The number of rotatable bonds is 5. The molecule has 1 aromatic carbocycles. The van der Waals surface area contributed by atoms with Gasteiger partial charge in [0.05, 0.1) is 6.54 Å². The highest BCUT2D eigenvalue weighted by molar-refractivity contribution is 5.82. The Morgan fingerprint density at radius 2 is 2.04 bits per heavy atom. The van der Waals surface area contributed by atoms with E-state index in [2.05, 4.69) is 10.5 Å². The van der Waals surface area contributed by atoms with Crippen LogP contribution in [0.25, 0.3) is 11.0 Å². The molecule has 0 bridgehead atoms. The summed E-state index contributed by atoms with van der Waals surface area (Å²) < 4.78 is 5.24. The van der Waals surface area contributed by atoms with E-state index in [-0.39, 0.29) is 17.7 Å². The van der Waals surface area contributed by atoms with Crippen molar-refractivity contribution in [1.29, 1.82) is 0 Å². The lowest BCUT2D eigenvalue weighted by Crippen LogP contribution is -2.42. The lowest BCUT2D eigenvalue weighted by Gasteiger charge is -2.31. The minimum Gasteiger partial charge on any atom is -0.356 e. The van der Waals surface area contributed by atoms with Gasteiger partial charge in [0, 0.05) is 30.8 Å². The van der Waals surface area contributed by atoms with Crippen LogP contribution < -0.4 is 5.32 Å². The number of nitrogens with one attached hydrogen (secondary N) is 1. The van der Waals surface area contributed by atoms with Gasteiger partial charge in [-0.3, -0.25) is 9.59 Å². The zero-order valence-corrected chi connectivity index (χ0v) is 14.0. The molecule has 3 rings (SSSR count). The van der Waals surface area contributed by atoms with Crippen molar-refractivity contribution in [2.45, 2.75) is 39.2 Å². The summed E-state index contributed by atoms with van der Waals surface area (Å²) in [5.41, 5.74) is 1.47. The number of likely N-dealkylation sites (tertiary alicyclic amines) is 1. The minimum absolute atomic E-state index is 0.0321. The lowest BCUT2D eigenvalue weighted by atomic mass is 9.95. The van der Waals surface area contributed by atoms with Crippen LogP contribution in [0, 0.1) is 5.92 Å². The van der Waals surface area contributed by atoms with Gasteiger partial charge < -0.3 is 14.7 Å². The molecule has 1 fully saturated rings. The van der Waals surface area contributed by atoms with Gasteiger partial charge in [-0.2, -0.15) is 0 Å². The third-order valence-electron chi connectivity index (χ3n) is 4.56. The fourth-order valence-corrected chi connectivity index (χ4v) is 3.14. The van der Waals surface area contributed by atoms with Gasteiger partial charge in [0.15, 0.2) is 5.58 Å². The van der Waals surface area contributed by atoms with E-state index in [0.717, 1.165) is 35.9 Å². The highest BCUT2D eigenvalue weighted by Gasteiger charge is 2.27. The van der Waals surface area contributed by atoms with E-state index in [4.69, 9.17) is 4.52 Å². The molecule has 1 saturated heterocycles. The van der Waals surface area contributed by atoms with Gasteiger partial charge in [-0.1, -0.05) is 24.2 Å². The van der Waals surface area contributed by atoms with Crippen molar-refractivity contribution in [3.8, 4) is 0 Å². The first-order valence-electron chi connectivity index (χ1n) is 8.57. The van der Waals surface area contributed by atoms with Crippen molar-refractivity contribution < 1.29 is 14.1 Å². The van der Waals surface area contributed by atoms with E-state index in [9.17, 15) is 9.59 Å². The topological polar surface area (TPSA) is 75.4 Å². The number of para-hydroxylation sites is 1. The summed E-state index contributed by atoms with van der Waals surface area (Å²) in [7, 11) is 0. The summed E-state index contributed by atoms with van der Waals surface area (Å²) in [6.45, 7) is 3.71. The molecular weight excluding hydrogens is 306 g/mol. The Balaban J connectivity index is 1.50. The summed E-state index contributed by atoms with van der Waals surface area (Å²) in [4.78, 5) is 26.1. The van der Waals surface area contributed by atoms with Gasteiger partial charge in [0.1, 0.15) is 5.69 Å². The maximum Gasteiger partial charge on any atom is 0.223 e. The van der Waals surface area contributed by atoms with Crippen molar-refractivity contribution in [2.75, 3.05) is 13.1 Å². The number of nitrogens with zero attached hydrogens (tertiary/aromatic N) is 2. The Morgan fingerprint density at radius 1 is 1.29 bits per heavy atom. The third kappa shape index (κ3) is 3.58. The third-order valence-corrected chi connectivity index (χ3v) is 4.56. The van der Waals surface area contributed by atoms with Gasteiger partial charge in [0.2, 0.25) is 11.8 Å². The SMILES string of the molecule is CCCC(=O)N1CCC(C(=O)NCc2noc3ccccc23)CC1. The number of amides is 2. The van der Waals surface area contributed by atoms with Gasteiger partial charge in [-0.15, -0.1) is 0 Å². The summed E-state index contributed by atoms with van der Waals surface area (Å²) in [5.74, 6) is 0.198.